The number of Topliss-reactive ketones (excluding diaryl/α,β-unsaturated/α-hetero) is 1. The van der Waals surface area contributed by atoms with Crippen molar-refractivity contribution in [1.82, 2.24) is 10.2 Å². The van der Waals surface area contributed by atoms with Crippen molar-refractivity contribution in [3.63, 3.8) is 0 Å². The highest BCUT2D eigenvalue weighted by Crippen LogP contribution is 2.37. The zero-order chi connectivity index (χ0) is 23.8. The third-order valence-electron chi connectivity index (χ3n) is 7.96. The number of anilines is 1. The highest BCUT2D eigenvalue weighted by molar-refractivity contribution is 6.74. The van der Waals surface area contributed by atoms with Crippen molar-refractivity contribution in [2.24, 2.45) is 0 Å². The molecule has 1 unspecified atom stereocenters. The topological polar surface area (TPSA) is 44.8 Å². The summed E-state index contributed by atoms with van der Waals surface area (Å²) in [7, 11) is 0.267. The SMILES string of the molecule is CN1CC(=O)CCc2cc(C3=CNCC(N4CCCC4CO[Si](C)(C)C(C)(C)C)=C3)ccc21. The van der Waals surface area contributed by atoms with Gasteiger partial charge in [0, 0.05) is 37.6 Å². The molecule has 3 heterocycles. The first-order valence-electron chi connectivity index (χ1n) is 12.5. The predicted octanol–water partition coefficient (Wildman–Crippen LogP) is 4.95. The molecule has 180 valence electrons. The third-order valence-corrected chi connectivity index (χ3v) is 12.5. The predicted molar refractivity (Wildman–Crippen MR) is 140 cm³/mol. The Morgan fingerprint density at radius 2 is 2.00 bits per heavy atom. The summed E-state index contributed by atoms with van der Waals surface area (Å²) < 4.78 is 6.61. The lowest BCUT2D eigenvalue weighted by molar-refractivity contribution is -0.117. The molecule has 1 saturated heterocycles. The molecule has 0 saturated carbocycles. The second kappa shape index (κ2) is 9.30. The lowest BCUT2D eigenvalue weighted by atomic mass is 9.98. The number of hydrogen-bond donors (Lipinski definition) is 1. The molecule has 3 aliphatic rings. The summed E-state index contributed by atoms with van der Waals surface area (Å²) in [4.78, 5) is 16.7. The normalized spacial score (nSPS) is 21.9. The van der Waals surface area contributed by atoms with Gasteiger partial charge in [0.25, 0.3) is 0 Å². The van der Waals surface area contributed by atoms with Crippen molar-refractivity contribution in [1.29, 1.82) is 0 Å². The first-order chi connectivity index (χ1) is 15.5. The number of aryl methyl sites for hydroxylation is 1. The Labute approximate surface area is 201 Å². The summed E-state index contributed by atoms with van der Waals surface area (Å²) in [5.74, 6) is 0.316. The van der Waals surface area contributed by atoms with E-state index in [1.54, 1.807) is 0 Å². The molecule has 0 spiro atoms. The molecule has 4 rings (SSSR count). The number of dihydropyridines is 1. The number of benzene rings is 1. The Balaban J connectivity index is 1.50. The van der Waals surface area contributed by atoms with E-state index in [0.717, 1.165) is 26.1 Å². The van der Waals surface area contributed by atoms with Gasteiger partial charge in [0.2, 0.25) is 0 Å². The zero-order valence-electron chi connectivity index (χ0n) is 21.3. The number of carbonyl (C=O) groups excluding carboxylic acids is 1. The van der Waals surface area contributed by atoms with Gasteiger partial charge in [-0.15, -0.1) is 0 Å². The van der Waals surface area contributed by atoms with Crippen LogP contribution >= 0.6 is 0 Å². The minimum Gasteiger partial charge on any atom is -0.415 e. The van der Waals surface area contributed by atoms with Gasteiger partial charge in [0.15, 0.2) is 14.1 Å². The average Bonchev–Trinajstić information content (AvgIpc) is 3.18. The molecular formula is C27H41N3O2Si. The van der Waals surface area contributed by atoms with Crippen LogP contribution in [0.1, 0.15) is 51.2 Å². The van der Waals surface area contributed by atoms with Crippen LogP contribution in [0, 0.1) is 0 Å². The number of ketones is 1. The van der Waals surface area contributed by atoms with Crippen LogP contribution in [0.15, 0.2) is 36.2 Å². The quantitative estimate of drug-likeness (QED) is 0.621. The number of likely N-dealkylation sites (N-methyl/N-ethyl adjacent to an activating group) is 1. The standard InChI is InChI=1S/C27H41N3O2Si/c1-27(2,3)33(5,6)32-19-23-8-7-13-30(23)24-15-22(16-28-17-24)20-10-12-26-21(14-20)9-11-25(31)18-29(26)4/h10,12,14-16,23,28H,7-9,11,13,17-19H2,1-6H3. The van der Waals surface area contributed by atoms with Crippen LogP contribution in [0.3, 0.4) is 0 Å². The fourth-order valence-corrected chi connectivity index (χ4v) is 5.88. The van der Waals surface area contributed by atoms with Crippen molar-refractivity contribution in [3.8, 4) is 0 Å². The van der Waals surface area contributed by atoms with E-state index in [4.69, 9.17) is 4.43 Å². The molecular weight excluding hydrogens is 426 g/mol. The number of fused-ring (bicyclic) bond motifs is 1. The van der Waals surface area contributed by atoms with E-state index in [0.29, 0.717) is 24.8 Å². The number of likely N-dealkylation sites (tertiary alicyclic amines) is 1. The van der Waals surface area contributed by atoms with E-state index in [1.807, 2.05) is 7.05 Å². The van der Waals surface area contributed by atoms with Crippen LogP contribution < -0.4 is 10.2 Å². The van der Waals surface area contributed by atoms with Crippen molar-refractivity contribution in [3.05, 3.63) is 47.3 Å². The smallest absolute Gasteiger partial charge is 0.192 e. The Kier molecular flexibility index (Phi) is 6.79. The summed E-state index contributed by atoms with van der Waals surface area (Å²) in [6, 6.07) is 7.11. The molecule has 1 atom stereocenters. The molecule has 1 fully saturated rings. The van der Waals surface area contributed by atoms with Gasteiger partial charge in [-0.1, -0.05) is 26.8 Å². The Bertz CT molecular complexity index is 961. The maximum atomic E-state index is 12.1. The Hall–Kier alpha value is -2.05. The molecule has 5 nitrogen and oxygen atoms in total. The van der Waals surface area contributed by atoms with E-state index in [2.05, 4.69) is 79.5 Å². The maximum absolute atomic E-state index is 12.1. The van der Waals surface area contributed by atoms with Gasteiger partial charge >= 0.3 is 0 Å². The maximum Gasteiger partial charge on any atom is 0.192 e. The van der Waals surface area contributed by atoms with Crippen LogP contribution in [0.4, 0.5) is 5.69 Å². The minimum atomic E-state index is -1.75. The highest BCUT2D eigenvalue weighted by atomic mass is 28.4. The van der Waals surface area contributed by atoms with Gasteiger partial charge < -0.3 is 19.5 Å². The first kappa shape index (κ1) is 24.1. The molecule has 1 aromatic carbocycles. The van der Waals surface area contributed by atoms with Gasteiger partial charge in [-0.25, -0.2) is 0 Å². The van der Waals surface area contributed by atoms with E-state index in [1.165, 1.54) is 40.9 Å². The van der Waals surface area contributed by atoms with Crippen molar-refractivity contribution in [2.45, 2.75) is 70.6 Å². The van der Waals surface area contributed by atoms with Crippen molar-refractivity contribution >= 4 is 25.4 Å². The fraction of sp³-hybridized carbons (Fsp3) is 0.593. The Morgan fingerprint density at radius 3 is 2.76 bits per heavy atom. The molecule has 1 N–H and O–H groups in total. The second-order valence-electron chi connectivity index (χ2n) is 11.4. The monoisotopic (exact) mass is 467 g/mol. The van der Waals surface area contributed by atoms with Crippen LogP contribution in [-0.4, -0.2) is 58.3 Å². The molecule has 1 aromatic rings. The van der Waals surface area contributed by atoms with E-state index in [9.17, 15) is 4.79 Å². The number of rotatable bonds is 5. The van der Waals surface area contributed by atoms with Gasteiger partial charge in [0.05, 0.1) is 25.7 Å². The summed E-state index contributed by atoms with van der Waals surface area (Å²) in [6.07, 6.45) is 8.36. The molecule has 0 bridgehead atoms. The number of allylic oxidation sites excluding steroid dienone is 2. The summed E-state index contributed by atoms with van der Waals surface area (Å²) in [5.41, 5.74) is 6.24. The van der Waals surface area contributed by atoms with Gasteiger partial charge in [-0.05, 0) is 72.3 Å². The first-order valence-corrected chi connectivity index (χ1v) is 15.4. The molecule has 0 aromatic heterocycles. The molecule has 6 heteroatoms. The Morgan fingerprint density at radius 1 is 1.21 bits per heavy atom. The third kappa shape index (κ3) is 5.22. The lowest BCUT2D eigenvalue weighted by Crippen LogP contribution is -2.45. The van der Waals surface area contributed by atoms with E-state index in [-0.39, 0.29) is 5.04 Å². The van der Waals surface area contributed by atoms with Gasteiger partial charge in [0.1, 0.15) is 0 Å². The summed E-state index contributed by atoms with van der Waals surface area (Å²) >= 11 is 0. The van der Waals surface area contributed by atoms with Gasteiger partial charge in [-0.2, -0.15) is 0 Å². The number of nitrogens with one attached hydrogen (secondary N) is 1. The average molecular weight is 468 g/mol. The summed E-state index contributed by atoms with van der Waals surface area (Å²) in [5, 5.41) is 3.76. The molecule has 0 aliphatic carbocycles. The van der Waals surface area contributed by atoms with Crippen molar-refractivity contribution in [2.75, 3.05) is 38.2 Å². The lowest BCUT2D eigenvalue weighted by Gasteiger charge is -2.39. The number of hydrogen-bond acceptors (Lipinski definition) is 5. The fourth-order valence-electron chi connectivity index (χ4n) is 4.84. The van der Waals surface area contributed by atoms with Crippen LogP contribution in [0.2, 0.25) is 18.1 Å². The molecule has 0 amide bonds. The largest absolute Gasteiger partial charge is 0.415 e. The minimum absolute atomic E-state index is 0.238. The van der Waals surface area contributed by atoms with Crippen LogP contribution in [-0.2, 0) is 15.6 Å². The second-order valence-corrected chi connectivity index (χ2v) is 16.2. The molecule has 3 aliphatic heterocycles. The number of nitrogens with zero attached hydrogens (tertiary/aromatic N) is 2. The van der Waals surface area contributed by atoms with Crippen molar-refractivity contribution < 1.29 is 9.22 Å². The van der Waals surface area contributed by atoms with E-state index < -0.39 is 8.32 Å². The highest BCUT2D eigenvalue weighted by Gasteiger charge is 2.38. The molecule has 33 heavy (non-hydrogen) atoms. The van der Waals surface area contributed by atoms with Gasteiger partial charge in [-0.3, -0.25) is 4.79 Å². The van der Waals surface area contributed by atoms with Crippen LogP contribution in [0.5, 0.6) is 0 Å². The molecule has 0 radical (unpaired) electrons. The zero-order valence-corrected chi connectivity index (χ0v) is 22.3. The summed E-state index contributed by atoms with van der Waals surface area (Å²) in [6.45, 7) is 14.9. The number of carbonyl (C=O) groups is 1. The van der Waals surface area contributed by atoms with Crippen LogP contribution in [0.25, 0.3) is 5.57 Å². The van der Waals surface area contributed by atoms with E-state index >= 15 is 0 Å².